The maximum atomic E-state index is 3.52. The van der Waals surface area contributed by atoms with Crippen molar-refractivity contribution in [2.24, 2.45) is 5.41 Å². The van der Waals surface area contributed by atoms with E-state index in [0.29, 0.717) is 5.41 Å². The Morgan fingerprint density at radius 3 is 2.11 bits per heavy atom. The fourth-order valence-corrected chi connectivity index (χ4v) is 2.75. The van der Waals surface area contributed by atoms with Crippen LogP contribution in [-0.2, 0) is 0 Å². The average molecular weight is 255 g/mol. The Labute approximate surface area is 114 Å². The van der Waals surface area contributed by atoms with Crippen LogP contribution in [-0.4, -0.2) is 62.2 Å². The summed E-state index contributed by atoms with van der Waals surface area (Å²) >= 11 is 0. The van der Waals surface area contributed by atoms with Crippen molar-refractivity contribution in [1.82, 2.24) is 15.1 Å². The minimum absolute atomic E-state index is 0.433. The first kappa shape index (κ1) is 15.9. The van der Waals surface area contributed by atoms with Gasteiger partial charge in [-0.15, -0.1) is 0 Å². The third-order valence-corrected chi connectivity index (χ3v) is 4.27. The number of nitrogens with zero attached hydrogens (tertiary/aromatic N) is 2. The molecule has 0 amide bonds. The van der Waals surface area contributed by atoms with Gasteiger partial charge in [-0.25, -0.2) is 0 Å². The van der Waals surface area contributed by atoms with Crippen LogP contribution in [0.25, 0.3) is 0 Å². The monoisotopic (exact) mass is 255 g/mol. The van der Waals surface area contributed by atoms with Gasteiger partial charge in [0.15, 0.2) is 0 Å². The smallest absolute Gasteiger partial charge is 0.0110 e. The molecular formula is C15H33N3. The van der Waals surface area contributed by atoms with Crippen molar-refractivity contribution in [3.63, 3.8) is 0 Å². The minimum Gasteiger partial charge on any atom is -0.316 e. The first-order valence-corrected chi connectivity index (χ1v) is 7.79. The number of hydrogen-bond acceptors (Lipinski definition) is 3. The van der Waals surface area contributed by atoms with Crippen molar-refractivity contribution in [2.75, 3.05) is 52.4 Å². The van der Waals surface area contributed by atoms with Crippen molar-refractivity contribution in [1.29, 1.82) is 0 Å². The van der Waals surface area contributed by atoms with E-state index in [1.165, 1.54) is 52.1 Å². The van der Waals surface area contributed by atoms with E-state index < -0.39 is 0 Å². The molecule has 0 bridgehead atoms. The average Bonchev–Trinajstić information content (AvgIpc) is 2.39. The van der Waals surface area contributed by atoms with E-state index in [-0.39, 0.29) is 0 Å². The highest BCUT2D eigenvalue weighted by atomic mass is 15.3. The Morgan fingerprint density at radius 2 is 1.61 bits per heavy atom. The third kappa shape index (κ3) is 5.25. The molecule has 1 heterocycles. The predicted octanol–water partition coefficient (Wildman–Crippen LogP) is 2.04. The van der Waals surface area contributed by atoms with Crippen molar-refractivity contribution in [3.05, 3.63) is 0 Å². The Morgan fingerprint density at radius 1 is 1.00 bits per heavy atom. The van der Waals surface area contributed by atoms with Crippen LogP contribution in [0, 0.1) is 5.41 Å². The fourth-order valence-electron chi connectivity index (χ4n) is 2.75. The zero-order chi connectivity index (χ0) is 13.4. The van der Waals surface area contributed by atoms with Crippen LogP contribution < -0.4 is 5.32 Å². The quantitative estimate of drug-likeness (QED) is 0.716. The summed E-state index contributed by atoms with van der Waals surface area (Å²) in [5.74, 6) is 0. The number of piperazine rings is 1. The molecule has 3 nitrogen and oxygen atoms in total. The molecule has 1 aliphatic heterocycles. The van der Waals surface area contributed by atoms with Crippen molar-refractivity contribution in [3.8, 4) is 0 Å². The van der Waals surface area contributed by atoms with E-state index in [2.05, 4.69) is 42.8 Å². The van der Waals surface area contributed by atoms with Crippen molar-refractivity contribution >= 4 is 0 Å². The van der Waals surface area contributed by atoms with E-state index in [1.54, 1.807) is 0 Å². The van der Waals surface area contributed by atoms with E-state index in [4.69, 9.17) is 0 Å². The zero-order valence-electron chi connectivity index (χ0n) is 13.0. The van der Waals surface area contributed by atoms with Gasteiger partial charge < -0.3 is 15.1 Å². The van der Waals surface area contributed by atoms with E-state index in [1.807, 2.05) is 0 Å². The van der Waals surface area contributed by atoms with Gasteiger partial charge in [0.05, 0.1) is 0 Å². The lowest BCUT2D eigenvalue weighted by Crippen LogP contribution is -2.51. The van der Waals surface area contributed by atoms with Crippen LogP contribution >= 0.6 is 0 Å². The van der Waals surface area contributed by atoms with E-state index in [0.717, 1.165) is 13.1 Å². The Kier molecular flexibility index (Phi) is 7.20. The maximum absolute atomic E-state index is 3.52. The van der Waals surface area contributed by atoms with E-state index in [9.17, 15) is 0 Å². The molecule has 1 N–H and O–H groups in total. The normalized spacial score (nSPS) is 22.0. The van der Waals surface area contributed by atoms with Gasteiger partial charge in [-0.1, -0.05) is 27.7 Å². The van der Waals surface area contributed by atoms with Gasteiger partial charge in [-0.3, -0.25) is 0 Å². The molecular weight excluding hydrogens is 222 g/mol. The SMILES string of the molecule is CCCN1CCN(CC(C)(CC)CNCC)CC1. The van der Waals surface area contributed by atoms with E-state index >= 15 is 0 Å². The van der Waals surface area contributed by atoms with Gasteiger partial charge in [0, 0.05) is 39.3 Å². The van der Waals surface area contributed by atoms with Crippen LogP contribution in [0.3, 0.4) is 0 Å². The summed E-state index contributed by atoms with van der Waals surface area (Å²) in [6.45, 7) is 19.0. The molecule has 0 aliphatic carbocycles. The molecule has 1 fully saturated rings. The molecule has 108 valence electrons. The number of nitrogens with one attached hydrogen (secondary N) is 1. The van der Waals surface area contributed by atoms with Crippen LogP contribution in [0.15, 0.2) is 0 Å². The van der Waals surface area contributed by atoms with Gasteiger partial charge in [0.2, 0.25) is 0 Å². The Balaban J connectivity index is 2.33. The summed E-state index contributed by atoms with van der Waals surface area (Å²) in [7, 11) is 0. The lowest BCUT2D eigenvalue weighted by Gasteiger charge is -2.40. The largest absolute Gasteiger partial charge is 0.316 e. The third-order valence-electron chi connectivity index (χ3n) is 4.27. The van der Waals surface area contributed by atoms with Crippen LogP contribution in [0.5, 0.6) is 0 Å². The van der Waals surface area contributed by atoms with Gasteiger partial charge in [0.25, 0.3) is 0 Å². The molecule has 1 atom stereocenters. The van der Waals surface area contributed by atoms with Gasteiger partial charge in [-0.2, -0.15) is 0 Å². The predicted molar refractivity (Wildman–Crippen MR) is 80.1 cm³/mol. The van der Waals surface area contributed by atoms with Crippen molar-refractivity contribution in [2.45, 2.75) is 40.5 Å². The summed E-state index contributed by atoms with van der Waals surface area (Å²) in [4.78, 5) is 5.26. The minimum atomic E-state index is 0.433. The summed E-state index contributed by atoms with van der Waals surface area (Å²) in [5.41, 5.74) is 0.433. The maximum Gasteiger partial charge on any atom is 0.0110 e. The van der Waals surface area contributed by atoms with Crippen LogP contribution in [0.2, 0.25) is 0 Å². The van der Waals surface area contributed by atoms with Crippen molar-refractivity contribution < 1.29 is 0 Å². The second-order valence-electron chi connectivity index (χ2n) is 6.06. The molecule has 0 radical (unpaired) electrons. The molecule has 0 saturated carbocycles. The van der Waals surface area contributed by atoms with Crippen LogP contribution in [0.1, 0.15) is 40.5 Å². The Bertz CT molecular complexity index is 212. The summed E-state index contributed by atoms with van der Waals surface area (Å²) < 4.78 is 0. The summed E-state index contributed by atoms with van der Waals surface area (Å²) in [5, 5.41) is 3.52. The molecule has 18 heavy (non-hydrogen) atoms. The standard InChI is InChI=1S/C15H33N3/c1-5-8-17-9-11-18(12-10-17)14-15(4,6-2)13-16-7-3/h16H,5-14H2,1-4H3. The Hall–Kier alpha value is -0.120. The summed E-state index contributed by atoms with van der Waals surface area (Å²) in [6, 6.07) is 0. The molecule has 3 heteroatoms. The first-order valence-electron chi connectivity index (χ1n) is 7.79. The second-order valence-corrected chi connectivity index (χ2v) is 6.06. The second kappa shape index (κ2) is 8.13. The highest BCUT2D eigenvalue weighted by Gasteiger charge is 2.26. The molecule has 1 aliphatic rings. The fraction of sp³-hybridized carbons (Fsp3) is 1.00. The summed E-state index contributed by atoms with van der Waals surface area (Å²) in [6.07, 6.45) is 2.54. The highest BCUT2D eigenvalue weighted by molar-refractivity contribution is 4.82. The molecule has 0 spiro atoms. The molecule has 1 saturated heterocycles. The molecule has 0 aromatic carbocycles. The molecule has 0 aromatic rings. The molecule has 1 unspecified atom stereocenters. The van der Waals surface area contributed by atoms with Gasteiger partial charge >= 0.3 is 0 Å². The highest BCUT2D eigenvalue weighted by Crippen LogP contribution is 2.22. The van der Waals surface area contributed by atoms with Crippen LogP contribution in [0.4, 0.5) is 0 Å². The molecule has 1 rings (SSSR count). The topological polar surface area (TPSA) is 18.5 Å². The molecule has 0 aromatic heterocycles. The van der Waals surface area contributed by atoms with Gasteiger partial charge in [-0.05, 0) is 31.3 Å². The first-order chi connectivity index (χ1) is 8.63. The number of hydrogen-bond donors (Lipinski definition) is 1. The lowest BCUT2D eigenvalue weighted by atomic mass is 9.86. The number of rotatable bonds is 8. The van der Waals surface area contributed by atoms with Gasteiger partial charge in [0.1, 0.15) is 0 Å². The zero-order valence-corrected chi connectivity index (χ0v) is 13.0. The lowest BCUT2D eigenvalue weighted by molar-refractivity contribution is 0.0885.